The van der Waals surface area contributed by atoms with Crippen LogP contribution in [-0.4, -0.2) is 0 Å². The molecule has 0 unspecified atom stereocenters. The van der Waals surface area contributed by atoms with E-state index in [1.807, 2.05) is 11.3 Å². The van der Waals surface area contributed by atoms with Crippen LogP contribution < -0.4 is 0 Å². The minimum absolute atomic E-state index is 1.33. The van der Waals surface area contributed by atoms with Crippen LogP contribution in [0.4, 0.5) is 0 Å². The van der Waals surface area contributed by atoms with Crippen molar-refractivity contribution in [2.45, 2.75) is 96.9 Å². The van der Waals surface area contributed by atoms with Gasteiger partial charge in [-0.25, -0.2) is 0 Å². The Bertz CT molecular complexity index is 1720. The third kappa shape index (κ3) is 22.4. The molecule has 7 rings (SSSR count). The van der Waals surface area contributed by atoms with Crippen molar-refractivity contribution in [2.75, 3.05) is 0 Å². The molecule has 0 aliphatic carbocycles. The van der Waals surface area contributed by atoms with E-state index in [2.05, 4.69) is 216 Å². The molecule has 0 atom stereocenters. The Morgan fingerprint density at radius 1 is 0.327 bits per heavy atom. The number of rotatable bonds is 0. The Hall–Kier alpha value is -3.54. The summed E-state index contributed by atoms with van der Waals surface area (Å²) < 4.78 is 0. The predicted octanol–water partition coefficient (Wildman–Crippen LogP) is 16.4. The number of aryl methyl sites for hydroxylation is 14. The first-order valence-corrected chi connectivity index (χ1v) is 21.2. The second kappa shape index (κ2) is 26.3. The highest BCUT2D eigenvalue weighted by Gasteiger charge is 1.89. The largest absolute Gasteiger partial charge is 0.152 e. The van der Waals surface area contributed by atoms with Crippen LogP contribution in [0.25, 0.3) is 0 Å². The van der Waals surface area contributed by atoms with Gasteiger partial charge in [0.15, 0.2) is 0 Å². The third-order valence-corrected chi connectivity index (χ3v) is 11.6. The van der Waals surface area contributed by atoms with Crippen molar-refractivity contribution in [2.24, 2.45) is 0 Å². The molecule has 0 aliphatic heterocycles. The summed E-state index contributed by atoms with van der Waals surface area (Å²) in [7, 11) is 0. The summed E-state index contributed by atoms with van der Waals surface area (Å²) in [6, 6.07) is 33.9. The van der Waals surface area contributed by atoms with E-state index in [-0.39, 0.29) is 0 Å². The molecule has 4 heteroatoms. The Morgan fingerprint density at radius 2 is 0.808 bits per heavy atom. The van der Waals surface area contributed by atoms with E-state index in [9.17, 15) is 0 Å². The Balaban J connectivity index is 0.000000304. The van der Waals surface area contributed by atoms with Crippen molar-refractivity contribution in [1.82, 2.24) is 0 Å². The van der Waals surface area contributed by atoms with Gasteiger partial charge >= 0.3 is 0 Å². The molecular weight excluding hydrogens is 705 g/mol. The highest BCUT2D eigenvalue weighted by atomic mass is 32.1. The molecule has 0 N–H and O–H groups in total. The topological polar surface area (TPSA) is 0 Å². The molecule has 0 saturated carbocycles. The Kier molecular flexibility index (Phi) is 23.5. The van der Waals surface area contributed by atoms with Crippen LogP contribution in [0.2, 0.25) is 0 Å². The first-order chi connectivity index (χ1) is 24.6. The number of hydrogen-bond acceptors (Lipinski definition) is 4. The van der Waals surface area contributed by atoms with E-state index >= 15 is 0 Å². The second-order valence-corrected chi connectivity index (χ2v) is 17.7. The lowest BCUT2D eigenvalue weighted by Gasteiger charge is -1.93. The van der Waals surface area contributed by atoms with Gasteiger partial charge in [-0.05, 0) is 176 Å². The molecule has 4 heterocycles. The maximum atomic E-state index is 2.19. The van der Waals surface area contributed by atoms with Crippen molar-refractivity contribution in [1.29, 1.82) is 0 Å². The molecule has 278 valence electrons. The molecule has 0 amide bonds. The van der Waals surface area contributed by atoms with Crippen molar-refractivity contribution >= 4 is 45.3 Å². The van der Waals surface area contributed by atoms with Gasteiger partial charge in [0.1, 0.15) is 0 Å². The van der Waals surface area contributed by atoms with Crippen LogP contribution in [0.15, 0.2) is 119 Å². The van der Waals surface area contributed by atoms with Gasteiger partial charge in [0, 0.05) is 19.5 Å². The zero-order valence-electron chi connectivity index (χ0n) is 34.2. The number of hydrogen-bond donors (Lipinski definition) is 0. The van der Waals surface area contributed by atoms with Gasteiger partial charge in [-0.1, -0.05) is 95.1 Å². The van der Waals surface area contributed by atoms with Crippen LogP contribution in [0, 0.1) is 96.9 Å². The van der Waals surface area contributed by atoms with Crippen LogP contribution in [-0.2, 0) is 0 Å². The molecule has 3 aromatic carbocycles. The molecule has 0 nitrogen and oxygen atoms in total. The molecule has 0 spiro atoms. The summed E-state index contributed by atoms with van der Waals surface area (Å²) in [6.45, 7) is 29.7. The van der Waals surface area contributed by atoms with Gasteiger partial charge in [0.2, 0.25) is 0 Å². The summed E-state index contributed by atoms with van der Waals surface area (Å²) >= 11 is 7.22. The summed E-state index contributed by atoms with van der Waals surface area (Å²) in [5.74, 6) is 0. The first kappa shape index (κ1) is 46.5. The lowest BCUT2D eigenvalue weighted by atomic mass is 10.1. The maximum absolute atomic E-state index is 2.19. The quantitative estimate of drug-likeness (QED) is 0.144. The molecular formula is C48H62S4. The fourth-order valence-corrected chi connectivity index (χ4v) is 7.16. The average molecular weight is 767 g/mol. The monoisotopic (exact) mass is 766 g/mol. The fourth-order valence-electron chi connectivity index (χ4n) is 4.11. The fraction of sp³-hybridized carbons (Fsp3) is 0.292. The minimum atomic E-state index is 1.33. The molecule has 0 bridgehead atoms. The van der Waals surface area contributed by atoms with E-state index in [1.54, 1.807) is 34.0 Å². The van der Waals surface area contributed by atoms with E-state index in [1.165, 1.54) is 75.1 Å². The van der Waals surface area contributed by atoms with Crippen molar-refractivity contribution in [3.63, 3.8) is 0 Å². The van der Waals surface area contributed by atoms with Crippen LogP contribution in [0.1, 0.15) is 75.1 Å². The van der Waals surface area contributed by atoms with E-state index < -0.39 is 0 Å². The van der Waals surface area contributed by atoms with Crippen molar-refractivity contribution in [3.05, 3.63) is 194 Å². The molecule has 0 saturated heterocycles. The normalized spacial score (nSPS) is 9.35. The standard InChI is InChI=1S/3C8H10.4C6H8S/c1-7-3-5-8(2)6-4-7;1-7-4-3-5-8(2)6-7;1-7-5-3-4-6-8(7)2;1-5-3-7-4-6(5)2;1-5-3-6(2)7-4-5;1-5-3-4-7-6(5)2;1-5-3-4-6(2)7-5/h3*3-6H,1-2H3;4*3-4H,1-2H3. The third-order valence-electron chi connectivity index (χ3n) is 7.78. The Labute approximate surface area is 333 Å². The summed E-state index contributed by atoms with van der Waals surface area (Å²) in [6.07, 6.45) is 0. The molecule has 7 aromatic rings. The highest BCUT2D eigenvalue weighted by Crippen LogP contribution is 2.13. The second-order valence-electron chi connectivity index (χ2n) is 13.2. The van der Waals surface area contributed by atoms with Crippen molar-refractivity contribution in [3.8, 4) is 0 Å². The SMILES string of the molecule is Cc1ccc(C)cc1.Cc1ccc(C)s1.Cc1cccc(C)c1.Cc1ccccc1C.Cc1ccsc1C.Cc1csc(C)c1.Cc1cscc1C. The smallest absolute Gasteiger partial charge is 0.00433 e. The lowest BCUT2D eigenvalue weighted by Crippen LogP contribution is -1.74. The summed E-state index contributed by atoms with van der Waals surface area (Å²) in [5, 5.41) is 8.60. The molecule has 0 radical (unpaired) electrons. The predicted molar refractivity (Wildman–Crippen MR) is 243 cm³/mol. The zero-order valence-corrected chi connectivity index (χ0v) is 37.4. The van der Waals surface area contributed by atoms with Crippen LogP contribution in [0.3, 0.4) is 0 Å². The lowest BCUT2D eigenvalue weighted by molar-refractivity contribution is 1.34. The van der Waals surface area contributed by atoms with Gasteiger partial charge in [-0.3, -0.25) is 0 Å². The summed E-state index contributed by atoms with van der Waals surface area (Å²) in [5.41, 5.74) is 13.7. The van der Waals surface area contributed by atoms with Gasteiger partial charge < -0.3 is 0 Å². The van der Waals surface area contributed by atoms with Crippen LogP contribution in [0.5, 0.6) is 0 Å². The summed E-state index contributed by atoms with van der Waals surface area (Å²) in [4.78, 5) is 5.63. The van der Waals surface area contributed by atoms with E-state index in [0.29, 0.717) is 0 Å². The van der Waals surface area contributed by atoms with Gasteiger partial charge in [0.05, 0.1) is 0 Å². The minimum Gasteiger partial charge on any atom is -0.152 e. The van der Waals surface area contributed by atoms with Gasteiger partial charge in [0.25, 0.3) is 0 Å². The van der Waals surface area contributed by atoms with E-state index in [4.69, 9.17) is 0 Å². The first-order valence-electron chi connectivity index (χ1n) is 17.7. The molecule has 0 aliphatic rings. The Morgan fingerprint density at radius 3 is 1.00 bits per heavy atom. The average Bonchev–Trinajstić information content (AvgIpc) is 3.88. The van der Waals surface area contributed by atoms with Gasteiger partial charge in [-0.15, -0.1) is 34.0 Å². The van der Waals surface area contributed by atoms with Gasteiger partial charge in [-0.2, -0.15) is 11.3 Å². The number of benzene rings is 3. The zero-order chi connectivity index (χ0) is 39.1. The molecule has 4 aromatic heterocycles. The van der Waals surface area contributed by atoms with Crippen LogP contribution >= 0.6 is 45.3 Å². The molecule has 52 heavy (non-hydrogen) atoms. The van der Waals surface area contributed by atoms with E-state index in [0.717, 1.165) is 0 Å². The number of thiophene rings is 4. The highest BCUT2D eigenvalue weighted by molar-refractivity contribution is 7.11. The maximum Gasteiger partial charge on any atom is 0.00433 e. The van der Waals surface area contributed by atoms with Crippen molar-refractivity contribution < 1.29 is 0 Å². The molecule has 0 fully saturated rings.